The average molecular weight is 144 g/mol. The number of hydrogen-bond acceptors (Lipinski definition) is 3. The molecule has 0 saturated carbocycles. The average Bonchev–Trinajstić information content (AvgIpc) is 1.81. The molecule has 0 saturated heterocycles. The van der Waals surface area contributed by atoms with E-state index in [9.17, 15) is 4.79 Å². The number of ether oxygens (including phenoxy) is 1. The number of rotatable bonds is 3. The molecule has 2 unspecified atom stereocenters. The Morgan fingerprint density at radius 1 is 1.80 bits per heavy atom. The molecule has 1 N–H and O–H groups in total. The molecule has 0 aliphatic carbocycles. The van der Waals surface area contributed by atoms with E-state index in [1.807, 2.05) is 0 Å². The molecule has 0 aromatic rings. The zero-order valence-corrected chi connectivity index (χ0v) is 6.20. The second kappa shape index (κ2) is 4.06. The summed E-state index contributed by atoms with van der Waals surface area (Å²) in [6.45, 7) is 6.23. The van der Waals surface area contributed by atoms with Crippen molar-refractivity contribution in [3.05, 3.63) is 12.7 Å². The van der Waals surface area contributed by atoms with Crippen LogP contribution < -0.4 is 0 Å². The Morgan fingerprint density at radius 2 is 2.30 bits per heavy atom. The van der Waals surface area contributed by atoms with E-state index >= 15 is 0 Å². The Morgan fingerprint density at radius 3 is 2.40 bits per heavy atom. The van der Waals surface area contributed by atoms with Gasteiger partial charge in [-0.15, -0.1) is 0 Å². The van der Waals surface area contributed by atoms with Crippen molar-refractivity contribution in [2.45, 2.75) is 26.1 Å². The standard InChI is InChI=1S/C7H12O3/c1-4-7(5(2)8)10-6(3)9/h4-5,7-8H,1H2,2-3H3. The minimum absolute atomic E-state index is 0.411. The molecule has 2 atom stereocenters. The first-order valence-electron chi connectivity index (χ1n) is 3.05. The number of carbonyl (C=O) groups excluding carboxylic acids is 1. The number of hydrogen-bond donors (Lipinski definition) is 1. The van der Waals surface area contributed by atoms with E-state index < -0.39 is 18.2 Å². The first-order valence-corrected chi connectivity index (χ1v) is 3.05. The van der Waals surface area contributed by atoms with Gasteiger partial charge >= 0.3 is 5.97 Å². The van der Waals surface area contributed by atoms with E-state index in [0.717, 1.165) is 0 Å². The largest absolute Gasteiger partial charge is 0.456 e. The van der Waals surface area contributed by atoms with Gasteiger partial charge in [-0.3, -0.25) is 4.79 Å². The molecule has 0 heterocycles. The van der Waals surface area contributed by atoms with Crippen molar-refractivity contribution in [3.63, 3.8) is 0 Å². The fourth-order valence-corrected chi connectivity index (χ4v) is 0.535. The molecule has 3 nitrogen and oxygen atoms in total. The predicted octanol–water partition coefficient (Wildman–Crippen LogP) is 0.485. The number of carbonyl (C=O) groups is 1. The van der Waals surface area contributed by atoms with Gasteiger partial charge in [0, 0.05) is 6.92 Å². The summed E-state index contributed by atoms with van der Waals surface area (Å²) in [6.07, 6.45) is 0.116. The van der Waals surface area contributed by atoms with Crippen LogP contribution in [-0.4, -0.2) is 23.3 Å². The highest BCUT2D eigenvalue weighted by Crippen LogP contribution is 1.99. The topological polar surface area (TPSA) is 46.5 Å². The Labute approximate surface area is 60.3 Å². The molecule has 0 amide bonds. The lowest BCUT2D eigenvalue weighted by Crippen LogP contribution is -2.25. The van der Waals surface area contributed by atoms with E-state index in [2.05, 4.69) is 11.3 Å². The van der Waals surface area contributed by atoms with Crippen LogP contribution in [0.25, 0.3) is 0 Å². The van der Waals surface area contributed by atoms with Crippen LogP contribution in [0.15, 0.2) is 12.7 Å². The highest BCUT2D eigenvalue weighted by atomic mass is 16.6. The Balaban J connectivity index is 3.83. The van der Waals surface area contributed by atoms with Crippen molar-refractivity contribution in [1.82, 2.24) is 0 Å². The quantitative estimate of drug-likeness (QED) is 0.463. The first kappa shape index (κ1) is 9.17. The van der Waals surface area contributed by atoms with Crippen molar-refractivity contribution in [2.24, 2.45) is 0 Å². The third-order valence-electron chi connectivity index (χ3n) is 1.01. The van der Waals surface area contributed by atoms with Crippen LogP contribution in [0.2, 0.25) is 0 Å². The molecule has 0 bridgehead atoms. The molecule has 0 aliphatic heterocycles. The van der Waals surface area contributed by atoms with Gasteiger partial charge in [0.25, 0.3) is 0 Å². The summed E-state index contributed by atoms with van der Waals surface area (Å²) in [6, 6.07) is 0. The van der Waals surface area contributed by atoms with Crippen LogP contribution in [0.3, 0.4) is 0 Å². The Bertz CT molecular complexity index is 129. The third-order valence-corrected chi connectivity index (χ3v) is 1.01. The van der Waals surface area contributed by atoms with Gasteiger partial charge < -0.3 is 9.84 Å². The number of esters is 1. The monoisotopic (exact) mass is 144 g/mol. The second-order valence-electron chi connectivity index (χ2n) is 2.05. The lowest BCUT2D eigenvalue weighted by Gasteiger charge is -2.14. The van der Waals surface area contributed by atoms with Crippen LogP contribution in [0.5, 0.6) is 0 Å². The molecular formula is C7H12O3. The van der Waals surface area contributed by atoms with Crippen molar-refractivity contribution >= 4 is 5.97 Å². The van der Waals surface area contributed by atoms with Crippen molar-refractivity contribution in [1.29, 1.82) is 0 Å². The molecule has 0 radical (unpaired) electrons. The van der Waals surface area contributed by atoms with Gasteiger partial charge in [0.1, 0.15) is 6.10 Å². The number of aliphatic hydroxyl groups is 1. The summed E-state index contributed by atoms with van der Waals surface area (Å²) in [5.74, 6) is -0.411. The third kappa shape index (κ3) is 3.25. The van der Waals surface area contributed by atoms with Gasteiger partial charge in [-0.05, 0) is 13.0 Å². The second-order valence-corrected chi connectivity index (χ2v) is 2.05. The van der Waals surface area contributed by atoms with Crippen molar-refractivity contribution in [3.8, 4) is 0 Å². The summed E-state index contributed by atoms with van der Waals surface area (Å²) in [7, 11) is 0. The van der Waals surface area contributed by atoms with Crippen LogP contribution in [0.1, 0.15) is 13.8 Å². The maximum absolute atomic E-state index is 10.3. The fraction of sp³-hybridized carbons (Fsp3) is 0.571. The van der Waals surface area contributed by atoms with Gasteiger partial charge in [-0.1, -0.05) is 6.58 Å². The molecule has 0 aromatic carbocycles. The maximum Gasteiger partial charge on any atom is 0.303 e. The summed E-state index contributed by atoms with van der Waals surface area (Å²) in [4.78, 5) is 10.3. The number of aliphatic hydroxyl groups excluding tert-OH is 1. The molecule has 0 aromatic heterocycles. The molecule has 0 spiro atoms. The van der Waals surface area contributed by atoms with Gasteiger partial charge in [0.15, 0.2) is 0 Å². The van der Waals surface area contributed by atoms with Gasteiger partial charge in [-0.25, -0.2) is 0 Å². The van der Waals surface area contributed by atoms with Crippen LogP contribution >= 0.6 is 0 Å². The van der Waals surface area contributed by atoms with Gasteiger partial charge in [0.2, 0.25) is 0 Å². The van der Waals surface area contributed by atoms with Gasteiger partial charge in [0.05, 0.1) is 6.10 Å². The van der Waals surface area contributed by atoms with Crippen molar-refractivity contribution < 1.29 is 14.6 Å². The fourth-order valence-electron chi connectivity index (χ4n) is 0.535. The molecule has 0 rings (SSSR count). The lowest BCUT2D eigenvalue weighted by atomic mass is 10.2. The highest BCUT2D eigenvalue weighted by Gasteiger charge is 2.12. The maximum atomic E-state index is 10.3. The summed E-state index contributed by atoms with van der Waals surface area (Å²) >= 11 is 0. The summed E-state index contributed by atoms with van der Waals surface area (Å²) < 4.78 is 4.65. The van der Waals surface area contributed by atoms with E-state index in [1.165, 1.54) is 19.9 Å². The smallest absolute Gasteiger partial charge is 0.303 e. The highest BCUT2D eigenvalue weighted by molar-refractivity contribution is 5.66. The SMILES string of the molecule is C=CC(OC(C)=O)C(C)O. The zero-order valence-electron chi connectivity index (χ0n) is 6.20. The van der Waals surface area contributed by atoms with Crippen LogP contribution in [0, 0.1) is 0 Å². The zero-order chi connectivity index (χ0) is 8.15. The minimum Gasteiger partial charge on any atom is -0.456 e. The minimum atomic E-state index is -0.693. The van der Waals surface area contributed by atoms with Gasteiger partial charge in [-0.2, -0.15) is 0 Å². The Kier molecular flexibility index (Phi) is 3.72. The molecule has 58 valence electrons. The normalized spacial score (nSPS) is 15.5. The lowest BCUT2D eigenvalue weighted by molar-refractivity contribution is -0.148. The van der Waals surface area contributed by atoms with Crippen LogP contribution in [-0.2, 0) is 9.53 Å². The molecule has 0 fully saturated rings. The van der Waals surface area contributed by atoms with Crippen molar-refractivity contribution in [2.75, 3.05) is 0 Å². The summed E-state index contributed by atoms with van der Waals surface area (Å²) in [5, 5.41) is 8.91. The molecule has 10 heavy (non-hydrogen) atoms. The first-order chi connectivity index (χ1) is 4.57. The molecule has 0 aliphatic rings. The van der Waals surface area contributed by atoms with E-state index in [1.54, 1.807) is 0 Å². The molecule has 3 heteroatoms. The molecular weight excluding hydrogens is 132 g/mol. The van der Waals surface area contributed by atoms with E-state index in [4.69, 9.17) is 5.11 Å². The van der Waals surface area contributed by atoms with E-state index in [0.29, 0.717) is 0 Å². The predicted molar refractivity (Wildman–Crippen MR) is 37.4 cm³/mol. The van der Waals surface area contributed by atoms with Crippen LogP contribution in [0.4, 0.5) is 0 Å². The Hall–Kier alpha value is -0.830. The van der Waals surface area contributed by atoms with E-state index in [-0.39, 0.29) is 0 Å². The summed E-state index contributed by atoms with van der Waals surface area (Å²) in [5.41, 5.74) is 0.